The summed E-state index contributed by atoms with van der Waals surface area (Å²) in [5.41, 5.74) is 5.72. The maximum absolute atomic E-state index is 5.72. The van der Waals surface area contributed by atoms with Crippen molar-refractivity contribution >= 4 is 5.82 Å². The van der Waals surface area contributed by atoms with Crippen molar-refractivity contribution in [3.05, 3.63) is 12.4 Å². The van der Waals surface area contributed by atoms with Gasteiger partial charge in [-0.3, -0.25) is 0 Å². The Morgan fingerprint density at radius 2 is 2.19 bits per heavy atom. The number of nitrogens with one attached hydrogen (secondary N) is 1. The molecule has 1 aliphatic rings. The van der Waals surface area contributed by atoms with Crippen LogP contribution in [-0.4, -0.2) is 28.2 Å². The fourth-order valence-corrected chi connectivity index (χ4v) is 1.71. The van der Waals surface area contributed by atoms with Crippen molar-refractivity contribution < 1.29 is 4.74 Å². The molecule has 1 aromatic rings. The van der Waals surface area contributed by atoms with E-state index >= 15 is 0 Å². The summed E-state index contributed by atoms with van der Waals surface area (Å²) in [6.45, 7) is 3.94. The normalized spacial score (nSPS) is 24.0. The number of aromatic nitrogens is 2. The van der Waals surface area contributed by atoms with Gasteiger partial charge in [0.2, 0.25) is 5.88 Å². The molecule has 3 N–H and O–H groups in total. The number of anilines is 1. The molecule has 0 amide bonds. The first-order chi connectivity index (χ1) is 7.63. The van der Waals surface area contributed by atoms with Gasteiger partial charge in [-0.1, -0.05) is 0 Å². The zero-order valence-electron chi connectivity index (χ0n) is 9.68. The lowest BCUT2D eigenvalue weighted by Gasteiger charge is -2.33. The fourth-order valence-electron chi connectivity index (χ4n) is 1.71. The van der Waals surface area contributed by atoms with Gasteiger partial charge in [0.25, 0.3) is 0 Å². The quantitative estimate of drug-likeness (QED) is 0.800. The highest BCUT2D eigenvalue weighted by molar-refractivity contribution is 5.39. The van der Waals surface area contributed by atoms with Crippen LogP contribution < -0.4 is 15.8 Å². The first-order valence-corrected chi connectivity index (χ1v) is 5.64. The van der Waals surface area contributed by atoms with Crippen molar-refractivity contribution in [2.75, 3.05) is 5.32 Å². The first-order valence-electron chi connectivity index (χ1n) is 5.64. The minimum absolute atomic E-state index is 0.125. The molecule has 16 heavy (non-hydrogen) atoms. The lowest BCUT2D eigenvalue weighted by Crippen LogP contribution is -2.44. The van der Waals surface area contributed by atoms with E-state index < -0.39 is 0 Å². The van der Waals surface area contributed by atoms with Crippen LogP contribution >= 0.6 is 0 Å². The van der Waals surface area contributed by atoms with Gasteiger partial charge in [0.1, 0.15) is 12.1 Å². The largest absolute Gasteiger partial charge is 0.475 e. The second-order valence-corrected chi connectivity index (χ2v) is 4.48. The molecular weight excluding hydrogens is 204 g/mol. The molecule has 0 atom stereocenters. The van der Waals surface area contributed by atoms with Crippen LogP contribution in [0.4, 0.5) is 5.82 Å². The summed E-state index contributed by atoms with van der Waals surface area (Å²) in [7, 11) is 0. The summed E-state index contributed by atoms with van der Waals surface area (Å²) in [5.74, 6) is 1.42. The lowest BCUT2D eigenvalue weighted by molar-refractivity contribution is 0.232. The standard InChI is InChI=1S/C11H18N4O/c1-7(2)16-11-5-10(13-6-14-11)15-9-3-8(12)4-9/h5-9H,3-4,12H2,1-2H3,(H,13,14,15). The van der Waals surface area contributed by atoms with Gasteiger partial charge in [-0.25, -0.2) is 9.97 Å². The van der Waals surface area contributed by atoms with E-state index in [2.05, 4.69) is 15.3 Å². The molecule has 2 rings (SSSR count). The summed E-state index contributed by atoms with van der Waals surface area (Å²) in [4.78, 5) is 8.20. The Kier molecular flexibility index (Phi) is 3.24. The number of hydrogen-bond donors (Lipinski definition) is 2. The maximum Gasteiger partial charge on any atom is 0.218 e. The third-order valence-electron chi connectivity index (χ3n) is 2.52. The van der Waals surface area contributed by atoms with Crippen molar-refractivity contribution in [2.24, 2.45) is 5.73 Å². The molecule has 1 aromatic heterocycles. The first kappa shape index (κ1) is 11.1. The Balaban J connectivity index is 1.93. The van der Waals surface area contributed by atoms with Crippen LogP contribution in [0.2, 0.25) is 0 Å². The Labute approximate surface area is 95.4 Å². The lowest BCUT2D eigenvalue weighted by atomic mass is 9.88. The van der Waals surface area contributed by atoms with Crippen LogP contribution in [0.3, 0.4) is 0 Å². The molecule has 88 valence electrons. The van der Waals surface area contributed by atoms with Gasteiger partial charge >= 0.3 is 0 Å². The third-order valence-corrected chi connectivity index (χ3v) is 2.52. The summed E-state index contributed by atoms with van der Waals surface area (Å²) in [6.07, 6.45) is 3.65. The van der Waals surface area contributed by atoms with Gasteiger partial charge in [0, 0.05) is 18.2 Å². The van der Waals surface area contributed by atoms with Crippen LogP contribution in [0.1, 0.15) is 26.7 Å². The zero-order chi connectivity index (χ0) is 11.5. The Hall–Kier alpha value is -1.36. The molecule has 0 spiro atoms. The van der Waals surface area contributed by atoms with E-state index in [1.807, 2.05) is 19.9 Å². The molecule has 0 saturated heterocycles. The highest BCUT2D eigenvalue weighted by atomic mass is 16.5. The molecule has 0 radical (unpaired) electrons. The minimum Gasteiger partial charge on any atom is -0.475 e. The molecule has 0 bridgehead atoms. The van der Waals surface area contributed by atoms with E-state index in [0.29, 0.717) is 18.0 Å². The van der Waals surface area contributed by atoms with E-state index in [4.69, 9.17) is 10.5 Å². The topological polar surface area (TPSA) is 73.1 Å². The minimum atomic E-state index is 0.125. The third kappa shape index (κ3) is 2.82. The Morgan fingerprint density at radius 3 is 2.81 bits per heavy atom. The van der Waals surface area contributed by atoms with Crippen molar-refractivity contribution in [1.82, 2.24) is 9.97 Å². The fraction of sp³-hybridized carbons (Fsp3) is 0.636. The summed E-state index contributed by atoms with van der Waals surface area (Å²) >= 11 is 0. The molecular formula is C11H18N4O. The van der Waals surface area contributed by atoms with Crippen LogP contribution in [0.15, 0.2) is 12.4 Å². The van der Waals surface area contributed by atoms with Gasteiger partial charge in [-0.15, -0.1) is 0 Å². The van der Waals surface area contributed by atoms with Crippen molar-refractivity contribution in [2.45, 2.75) is 44.9 Å². The SMILES string of the molecule is CC(C)Oc1cc(NC2CC(N)C2)ncn1. The molecule has 0 aliphatic heterocycles. The van der Waals surface area contributed by atoms with E-state index in [-0.39, 0.29) is 6.10 Å². The predicted molar refractivity (Wildman–Crippen MR) is 62.4 cm³/mol. The second kappa shape index (κ2) is 4.65. The highest BCUT2D eigenvalue weighted by Crippen LogP contribution is 2.22. The monoisotopic (exact) mass is 222 g/mol. The van der Waals surface area contributed by atoms with Gasteiger partial charge in [0.15, 0.2) is 0 Å². The molecule has 5 heteroatoms. The van der Waals surface area contributed by atoms with Crippen molar-refractivity contribution in [1.29, 1.82) is 0 Å². The van der Waals surface area contributed by atoms with Crippen LogP contribution in [0, 0.1) is 0 Å². The number of hydrogen-bond acceptors (Lipinski definition) is 5. The van der Waals surface area contributed by atoms with Crippen LogP contribution in [-0.2, 0) is 0 Å². The Morgan fingerprint density at radius 1 is 1.44 bits per heavy atom. The molecule has 0 aromatic carbocycles. The predicted octanol–water partition coefficient (Wildman–Crippen LogP) is 1.17. The van der Waals surface area contributed by atoms with Gasteiger partial charge < -0.3 is 15.8 Å². The number of ether oxygens (including phenoxy) is 1. The zero-order valence-corrected chi connectivity index (χ0v) is 9.68. The molecule has 1 fully saturated rings. The summed E-state index contributed by atoms with van der Waals surface area (Å²) in [6, 6.07) is 2.60. The van der Waals surface area contributed by atoms with Crippen LogP contribution in [0.5, 0.6) is 5.88 Å². The average molecular weight is 222 g/mol. The molecule has 1 aliphatic carbocycles. The number of rotatable bonds is 4. The van der Waals surface area contributed by atoms with Crippen molar-refractivity contribution in [3.8, 4) is 5.88 Å². The van der Waals surface area contributed by atoms with E-state index in [0.717, 1.165) is 18.7 Å². The molecule has 0 unspecified atom stereocenters. The van der Waals surface area contributed by atoms with E-state index in [1.165, 1.54) is 6.33 Å². The molecule has 5 nitrogen and oxygen atoms in total. The molecule has 1 heterocycles. The number of nitrogens with zero attached hydrogens (tertiary/aromatic N) is 2. The van der Waals surface area contributed by atoms with Gasteiger partial charge in [-0.2, -0.15) is 0 Å². The van der Waals surface area contributed by atoms with E-state index in [1.54, 1.807) is 0 Å². The van der Waals surface area contributed by atoms with Crippen LogP contribution in [0.25, 0.3) is 0 Å². The van der Waals surface area contributed by atoms with Gasteiger partial charge in [-0.05, 0) is 26.7 Å². The smallest absolute Gasteiger partial charge is 0.218 e. The van der Waals surface area contributed by atoms with Gasteiger partial charge in [0.05, 0.1) is 6.10 Å². The summed E-state index contributed by atoms with van der Waals surface area (Å²) < 4.78 is 5.49. The second-order valence-electron chi connectivity index (χ2n) is 4.48. The average Bonchev–Trinajstić information content (AvgIpc) is 2.15. The van der Waals surface area contributed by atoms with Crippen molar-refractivity contribution in [3.63, 3.8) is 0 Å². The number of nitrogens with two attached hydrogens (primary N) is 1. The maximum atomic E-state index is 5.72. The molecule has 1 saturated carbocycles. The highest BCUT2D eigenvalue weighted by Gasteiger charge is 2.25. The van der Waals surface area contributed by atoms with E-state index in [9.17, 15) is 0 Å². The Bertz CT molecular complexity index is 350. The summed E-state index contributed by atoms with van der Waals surface area (Å²) in [5, 5.41) is 3.31.